The molecular formula is C11H13N3O3. The highest BCUT2D eigenvalue weighted by Gasteiger charge is 2.35. The molecule has 1 fully saturated rings. The largest absolute Gasteiger partial charge is 0.481 e. The molecule has 1 aliphatic carbocycles. The smallest absolute Gasteiger partial charge is 0.311 e. The Balaban J connectivity index is 1.90. The maximum Gasteiger partial charge on any atom is 0.311 e. The lowest BCUT2D eigenvalue weighted by Gasteiger charge is -2.11. The van der Waals surface area contributed by atoms with Crippen molar-refractivity contribution in [2.75, 3.05) is 0 Å². The molecule has 1 aromatic rings. The Morgan fingerprint density at radius 1 is 1.47 bits per heavy atom. The summed E-state index contributed by atoms with van der Waals surface area (Å²) in [4.78, 5) is 31.4. The quantitative estimate of drug-likeness (QED) is 0.762. The van der Waals surface area contributed by atoms with Gasteiger partial charge in [-0.2, -0.15) is 0 Å². The van der Waals surface area contributed by atoms with E-state index < -0.39 is 5.97 Å². The number of hydrogen-bond acceptors (Lipinski definition) is 4. The molecule has 17 heavy (non-hydrogen) atoms. The summed E-state index contributed by atoms with van der Waals surface area (Å²) in [6.45, 7) is 1.33. The van der Waals surface area contributed by atoms with Crippen molar-refractivity contribution in [2.24, 2.45) is 0 Å². The van der Waals surface area contributed by atoms with Gasteiger partial charge in [-0.1, -0.05) is 0 Å². The Kier molecular flexibility index (Phi) is 2.25. The third-order valence-electron chi connectivity index (χ3n) is 3.25. The van der Waals surface area contributed by atoms with E-state index in [1.807, 2.05) is 0 Å². The van der Waals surface area contributed by atoms with Crippen LogP contribution < -0.4 is 5.56 Å². The Labute approximate surface area is 97.3 Å². The second kappa shape index (κ2) is 3.66. The van der Waals surface area contributed by atoms with Gasteiger partial charge in [-0.15, -0.1) is 0 Å². The highest BCUT2D eigenvalue weighted by Crippen LogP contribution is 2.32. The predicted molar refractivity (Wildman–Crippen MR) is 58.5 cm³/mol. The van der Waals surface area contributed by atoms with Gasteiger partial charge in [0, 0.05) is 19.1 Å². The van der Waals surface area contributed by atoms with E-state index in [1.54, 1.807) is 0 Å². The standard InChI is InChI=1S/C11H13N3O3/c15-10(16)3-9-12-8-5-14(6-1-2-6)4-7(8)11(17)13-9/h6H,1-5H2,(H,15,16)(H,12,13,17). The van der Waals surface area contributed by atoms with E-state index in [-0.39, 0.29) is 17.8 Å². The van der Waals surface area contributed by atoms with Crippen molar-refractivity contribution in [1.29, 1.82) is 0 Å². The van der Waals surface area contributed by atoms with Gasteiger partial charge in [-0.3, -0.25) is 14.5 Å². The van der Waals surface area contributed by atoms with Crippen LogP contribution in [0.5, 0.6) is 0 Å². The molecule has 0 spiro atoms. The van der Waals surface area contributed by atoms with Gasteiger partial charge in [0.1, 0.15) is 12.2 Å². The molecule has 0 atom stereocenters. The summed E-state index contributed by atoms with van der Waals surface area (Å²) >= 11 is 0. The normalized spacial score (nSPS) is 19.3. The molecule has 6 nitrogen and oxygen atoms in total. The number of nitrogens with zero attached hydrogens (tertiary/aromatic N) is 2. The zero-order valence-electron chi connectivity index (χ0n) is 9.27. The number of carboxylic acids is 1. The average Bonchev–Trinajstić information content (AvgIpc) is 2.98. The van der Waals surface area contributed by atoms with E-state index >= 15 is 0 Å². The highest BCUT2D eigenvalue weighted by molar-refractivity contribution is 5.68. The fraction of sp³-hybridized carbons (Fsp3) is 0.545. The molecule has 2 aliphatic rings. The summed E-state index contributed by atoms with van der Waals surface area (Å²) in [7, 11) is 0. The molecule has 2 heterocycles. The van der Waals surface area contributed by atoms with Gasteiger partial charge in [-0.25, -0.2) is 4.98 Å². The molecule has 1 aromatic heterocycles. The number of H-pyrrole nitrogens is 1. The van der Waals surface area contributed by atoms with E-state index in [1.165, 1.54) is 12.8 Å². The van der Waals surface area contributed by atoms with Crippen LogP contribution in [0, 0.1) is 0 Å². The molecule has 3 rings (SSSR count). The van der Waals surface area contributed by atoms with Gasteiger partial charge < -0.3 is 10.1 Å². The van der Waals surface area contributed by atoms with Crippen LogP contribution in [-0.2, 0) is 24.3 Å². The number of rotatable bonds is 3. The SMILES string of the molecule is O=C(O)Cc1nc2c(c(=O)[nH]1)CN(C1CC1)C2. The minimum atomic E-state index is -0.981. The lowest BCUT2D eigenvalue weighted by atomic mass is 10.2. The lowest BCUT2D eigenvalue weighted by Crippen LogP contribution is -2.21. The Morgan fingerprint density at radius 3 is 2.88 bits per heavy atom. The van der Waals surface area contributed by atoms with E-state index in [2.05, 4.69) is 14.9 Å². The van der Waals surface area contributed by atoms with Crippen molar-refractivity contribution in [1.82, 2.24) is 14.9 Å². The molecule has 90 valence electrons. The van der Waals surface area contributed by atoms with Crippen LogP contribution in [-0.4, -0.2) is 32.0 Å². The fourth-order valence-electron chi connectivity index (χ4n) is 2.27. The third kappa shape index (κ3) is 1.95. The van der Waals surface area contributed by atoms with Crippen LogP contribution in [0.3, 0.4) is 0 Å². The van der Waals surface area contributed by atoms with Crippen molar-refractivity contribution in [3.05, 3.63) is 27.4 Å². The average molecular weight is 235 g/mol. The first-order chi connectivity index (χ1) is 8.13. The maximum absolute atomic E-state index is 11.8. The fourth-order valence-corrected chi connectivity index (χ4v) is 2.27. The first-order valence-corrected chi connectivity index (χ1v) is 5.70. The number of carboxylic acid groups (broad SMARTS) is 1. The van der Waals surface area contributed by atoms with Gasteiger partial charge in [0.05, 0.1) is 11.3 Å². The van der Waals surface area contributed by atoms with Crippen LogP contribution >= 0.6 is 0 Å². The predicted octanol–water partition coefficient (Wildman–Crippen LogP) is -0.125. The maximum atomic E-state index is 11.8. The van der Waals surface area contributed by atoms with E-state index in [0.29, 0.717) is 24.7 Å². The molecular weight excluding hydrogens is 222 g/mol. The summed E-state index contributed by atoms with van der Waals surface area (Å²) in [6, 6.07) is 0.589. The van der Waals surface area contributed by atoms with Crippen LogP contribution in [0.2, 0.25) is 0 Å². The zero-order chi connectivity index (χ0) is 12.0. The van der Waals surface area contributed by atoms with E-state index in [9.17, 15) is 9.59 Å². The van der Waals surface area contributed by atoms with Crippen LogP contribution in [0.1, 0.15) is 29.9 Å². The number of aromatic amines is 1. The molecule has 0 unspecified atom stereocenters. The first-order valence-electron chi connectivity index (χ1n) is 5.70. The van der Waals surface area contributed by atoms with Crippen molar-refractivity contribution in [3.8, 4) is 0 Å². The second-order valence-electron chi connectivity index (χ2n) is 4.64. The topological polar surface area (TPSA) is 86.3 Å². The molecule has 1 aliphatic heterocycles. The summed E-state index contributed by atoms with van der Waals surface area (Å²) < 4.78 is 0. The van der Waals surface area contributed by atoms with Gasteiger partial charge in [0.15, 0.2) is 0 Å². The second-order valence-corrected chi connectivity index (χ2v) is 4.64. The number of fused-ring (bicyclic) bond motifs is 1. The van der Waals surface area contributed by atoms with Crippen LogP contribution in [0.15, 0.2) is 4.79 Å². The van der Waals surface area contributed by atoms with Crippen molar-refractivity contribution < 1.29 is 9.90 Å². The first kappa shape index (κ1) is 10.5. The summed E-state index contributed by atoms with van der Waals surface area (Å²) in [6.07, 6.45) is 2.15. The zero-order valence-corrected chi connectivity index (χ0v) is 9.27. The van der Waals surface area contributed by atoms with Crippen LogP contribution in [0.4, 0.5) is 0 Å². The Hall–Kier alpha value is -1.69. The van der Waals surface area contributed by atoms with E-state index in [4.69, 9.17) is 5.11 Å². The van der Waals surface area contributed by atoms with Crippen LogP contribution in [0.25, 0.3) is 0 Å². The summed E-state index contributed by atoms with van der Waals surface area (Å²) in [5.41, 5.74) is 1.26. The van der Waals surface area contributed by atoms with Gasteiger partial charge >= 0.3 is 5.97 Å². The molecule has 0 saturated heterocycles. The lowest BCUT2D eigenvalue weighted by molar-refractivity contribution is -0.136. The molecule has 0 bridgehead atoms. The number of carbonyl (C=O) groups is 1. The monoisotopic (exact) mass is 235 g/mol. The van der Waals surface area contributed by atoms with Crippen molar-refractivity contribution in [3.63, 3.8) is 0 Å². The molecule has 1 saturated carbocycles. The van der Waals surface area contributed by atoms with E-state index in [0.717, 1.165) is 5.69 Å². The summed E-state index contributed by atoms with van der Waals surface area (Å²) in [5.74, 6) is -0.732. The Morgan fingerprint density at radius 2 is 2.24 bits per heavy atom. The van der Waals surface area contributed by atoms with Gasteiger partial charge in [0.2, 0.25) is 0 Å². The highest BCUT2D eigenvalue weighted by atomic mass is 16.4. The van der Waals surface area contributed by atoms with Gasteiger partial charge in [-0.05, 0) is 12.8 Å². The molecule has 6 heteroatoms. The van der Waals surface area contributed by atoms with Gasteiger partial charge in [0.25, 0.3) is 5.56 Å². The summed E-state index contributed by atoms with van der Waals surface area (Å²) in [5, 5.41) is 8.68. The molecule has 2 N–H and O–H groups in total. The molecule has 0 aromatic carbocycles. The third-order valence-corrected chi connectivity index (χ3v) is 3.25. The number of aromatic nitrogens is 2. The van der Waals surface area contributed by atoms with Crippen molar-refractivity contribution in [2.45, 2.75) is 38.4 Å². The number of aliphatic carboxylic acids is 1. The Bertz CT molecular complexity index is 533. The number of hydrogen-bond donors (Lipinski definition) is 2. The minimum absolute atomic E-state index is 0.186. The number of nitrogens with one attached hydrogen (secondary N) is 1. The van der Waals surface area contributed by atoms with Crippen molar-refractivity contribution >= 4 is 5.97 Å². The minimum Gasteiger partial charge on any atom is -0.481 e. The molecule has 0 radical (unpaired) electrons. The molecule has 0 amide bonds.